The average Bonchev–Trinajstić information content (AvgIpc) is 2.82. The Balaban J connectivity index is 2.19. The molecule has 0 saturated heterocycles. The fraction of sp³-hybridized carbons (Fsp3) is 0.462. The largest absolute Gasteiger partial charge is 0.496 e. The van der Waals surface area contributed by atoms with Crippen LogP contribution in [0.25, 0.3) is 0 Å². The van der Waals surface area contributed by atoms with Crippen molar-refractivity contribution < 1.29 is 14.3 Å². The van der Waals surface area contributed by atoms with Crippen molar-refractivity contribution in [2.75, 3.05) is 13.7 Å². The maximum Gasteiger partial charge on any atom is 0.348 e. The number of unbranched alkanes of at least 4 members (excludes halogenated alkanes) is 3. The minimum atomic E-state index is -0.282. The van der Waals surface area contributed by atoms with Gasteiger partial charge in [-0.2, -0.15) is 0 Å². The summed E-state index contributed by atoms with van der Waals surface area (Å²) in [6.45, 7) is 0.448. The van der Waals surface area contributed by atoms with E-state index in [1.54, 1.807) is 18.6 Å². The highest BCUT2D eigenvalue weighted by atomic mass is 32.1. The highest BCUT2D eigenvalue weighted by molar-refractivity contribution is 7.12. The minimum absolute atomic E-state index is 0.282. The van der Waals surface area contributed by atoms with Crippen molar-refractivity contribution in [3.63, 3.8) is 0 Å². The lowest BCUT2D eigenvalue weighted by molar-refractivity contribution is 0.0503. The standard InChI is InChI=1S/C13H16O3S/c1-3-4-5-6-7-8-16-13(14)12-9-11(15-2)10-17-12/h1,9-10H,4-8H2,2H3. The molecule has 0 saturated carbocycles. The van der Waals surface area contributed by atoms with Gasteiger partial charge in [0.1, 0.15) is 10.6 Å². The van der Waals surface area contributed by atoms with E-state index in [9.17, 15) is 4.79 Å². The van der Waals surface area contributed by atoms with Crippen molar-refractivity contribution in [2.45, 2.75) is 25.7 Å². The molecule has 0 radical (unpaired) electrons. The third kappa shape index (κ3) is 4.92. The van der Waals surface area contributed by atoms with Crippen molar-refractivity contribution in [3.05, 3.63) is 16.3 Å². The van der Waals surface area contributed by atoms with Gasteiger partial charge in [0.15, 0.2) is 0 Å². The quantitative estimate of drug-likeness (QED) is 0.425. The van der Waals surface area contributed by atoms with E-state index in [0.717, 1.165) is 25.7 Å². The first kappa shape index (κ1) is 13.6. The second-order valence-electron chi connectivity index (χ2n) is 3.50. The monoisotopic (exact) mass is 252 g/mol. The van der Waals surface area contributed by atoms with E-state index in [4.69, 9.17) is 15.9 Å². The van der Waals surface area contributed by atoms with Crippen LogP contribution in [0, 0.1) is 12.3 Å². The van der Waals surface area contributed by atoms with Crippen LogP contribution in [-0.4, -0.2) is 19.7 Å². The molecule has 0 aliphatic heterocycles. The van der Waals surface area contributed by atoms with Crippen molar-refractivity contribution in [3.8, 4) is 18.1 Å². The molecular weight excluding hydrogens is 236 g/mol. The first-order valence-corrected chi connectivity index (χ1v) is 6.39. The van der Waals surface area contributed by atoms with Crippen molar-refractivity contribution >= 4 is 17.3 Å². The number of carbonyl (C=O) groups excluding carboxylic acids is 1. The van der Waals surface area contributed by atoms with E-state index >= 15 is 0 Å². The highest BCUT2D eigenvalue weighted by Crippen LogP contribution is 2.21. The molecule has 0 aromatic carbocycles. The van der Waals surface area contributed by atoms with E-state index in [1.165, 1.54) is 11.3 Å². The van der Waals surface area contributed by atoms with Gasteiger partial charge in [-0.3, -0.25) is 0 Å². The molecule has 92 valence electrons. The summed E-state index contributed by atoms with van der Waals surface area (Å²) in [7, 11) is 1.57. The van der Waals surface area contributed by atoms with Gasteiger partial charge in [-0.25, -0.2) is 4.79 Å². The first-order chi connectivity index (χ1) is 8.27. The average molecular weight is 252 g/mol. The molecule has 0 spiro atoms. The van der Waals surface area contributed by atoms with E-state index in [2.05, 4.69) is 5.92 Å². The predicted molar refractivity (Wildman–Crippen MR) is 68.5 cm³/mol. The molecule has 0 aliphatic carbocycles. The Labute approximate surface area is 106 Å². The Bertz CT molecular complexity index is 390. The van der Waals surface area contributed by atoms with Gasteiger partial charge in [-0.1, -0.05) is 0 Å². The number of ether oxygens (including phenoxy) is 2. The number of carbonyl (C=O) groups is 1. The predicted octanol–water partition coefficient (Wildman–Crippen LogP) is 3.11. The Kier molecular flexibility index (Phi) is 6.19. The molecule has 1 aromatic heterocycles. The SMILES string of the molecule is C#CCCCCCOC(=O)c1cc(OC)cs1. The van der Waals surface area contributed by atoms with Crippen molar-refractivity contribution in [1.82, 2.24) is 0 Å². The lowest BCUT2D eigenvalue weighted by atomic mass is 10.2. The van der Waals surface area contributed by atoms with Gasteiger partial charge >= 0.3 is 5.97 Å². The molecule has 0 amide bonds. The fourth-order valence-corrected chi connectivity index (χ4v) is 2.02. The van der Waals surface area contributed by atoms with Crippen LogP contribution in [-0.2, 0) is 4.74 Å². The molecule has 4 heteroatoms. The molecule has 0 N–H and O–H groups in total. The summed E-state index contributed by atoms with van der Waals surface area (Å²) in [6.07, 6.45) is 8.76. The molecule has 17 heavy (non-hydrogen) atoms. The molecule has 0 unspecified atom stereocenters. The molecule has 0 fully saturated rings. The molecule has 0 bridgehead atoms. The zero-order valence-electron chi connectivity index (χ0n) is 9.90. The van der Waals surface area contributed by atoms with Crippen molar-refractivity contribution in [1.29, 1.82) is 0 Å². The zero-order valence-corrected chi connectivity index (χ0v) is 10.7. The summed E-state index contributed by atoms with van der Waals surface area (Å²) in [5, 5.41) is 1.78. The van der Waals surface area contributed by atoms with Crippen molar-refractivity contribution in [2.24, 2.45) is 0 Å². The Hall–Kier alpha value is -1.47. The number of rotatable bonds is 7. The summed E-state index contributed by atoms with van der Waals surface area (Å²) < 4.78 is 10.1. The molecule has 0 aliphatic rings. The second kappa shape index (κ2) is 7.75. The van der Waals surface area contributed by atoms with Gasteiger partial charge in [-0.05, 0) is 19.3 Å². The van der Waals surface area contributed by atoms with Crippen LogP contribution < -0.4 is 4.74 Å². The van der Waals surface area contributed by atoms with Gasteiger partial charge in [0.05, 0.1) is 13.7 Å². The number of hydrogen-bond donors (Lipinski definition) is 0. The van der Waals surface area contributed by atoms with E-state index in [-0.39, 0.29) is 5.97 Å². The van der Waals surface area contributed by atoms with Crippen LogP contribution in [0.3, 0.4) is 0 Å². The molecule has 1 rings (SSSR count). The van der Waals surface area contributed by atoms with Crippen LogP contribution in [0.4, 0.5) is 0 Å². The minimum Gasteiger partial charge on any atom is -0.496 e. The summed E-state index contributed by atoms with van der Waals surface area (Å²) in [6, 6.07) is 1.69. The van der Waals surface area contributed by atoms with E-state index < -0.39 is 0 Å². The molecule has 3 nitrogen and oxygen atoms in total. The molecular formula is C13H16O3S. The maximum atomic E-state index is 11.6. The van der Waals surface area contributed by atoms with Gasteiger partial charge in [0.25, 0.3) is 0 Å². The topological polar surface area (TPSA) is 35.5 Å². The summed E-state index contributed by atoms with van der Waals surface area (Å²) in [5.74, 6) is 2.99. The Morgan fingerprint density at radius 3 is 2.94 bits per heavy atom. The van der Waals surface area contributed by atoms with E-state index in [0.29, 0.717) is 17.2 Å². The highest BCUT2D eigenvalue weighted by Gasteiger charge is 2.10. The van der Waals surface area contributed by atoms with Crippen LogP contribution in [0.1, 0.15) is 35.4 Å². The number of hydrogen-bond acceptors (Lipinski definition) is 4. The van der Waals surface area contributed by atoms with Gasteiger partial charge in [0, 0.05) is 17.9 Å². The summed E-state index contributed by atoms with van der Waals surface area (Å²) in [5.41, 5.74) is 0. The number of thiophene rings is 1. The van der Waals surface area contributed by atoms with Gasteiger partial charge < -0.3 is 9.47 Å². The first-order valence-electron chi connectivity index (χ1n) is 5.51. The van der Waals surface area contributed by atoms with Gasteiger partial charge in [-0.15, -0.1) is 23.7 Å². The van der Waals surface area contributed by atoms with Crippen LogP contribution in [0.5, 0.6) is 5.75 Å². The maximum absolute atomic E-state index is 11.6. The Morgan fingerprint density at radius 2 is 2.29 bits per heavy atom. The lowest BCUT2D eigenvalue weighted by Gasteiger charge is -2.02. The normalized spacial score (nSPS) is 9.65. The fourth-order valence-electron chi connectivity index (χ4n) is 1.27. The Morgan fingerprint density at radius 1 is 1.47 bits per heavy atom. The summed E-state index contributed by atoms with van der Waals surface area (Å²) >= 11 is 1.33. The van der Waals surface area contributed by atoms with Gasteiger partial charge in [0.2, 0.25) is 0 Å². The number of terminal acetylenes is 1. The zero-order chi connectivity index (χ0) is 12.5. The summed E-state index contributed by atoms with van der Waals surface area (Å²) in [4.78, 5) is 12.1. The smallest absolute Gasteiger partial charge is 0.348 e. The van der Waals surface area contributed by atoms with E-state index in [1.807, 2.05) is 0 Å². The third-order valence-electron chi connectivity index (χ3n) is 2.21. The molecule has 1 aromatic rings. The van der Waals surface area contributed by atoms with Crippen LogP contribution in [0.15, 0.2) is 11.4 Å². The number of methoxy groups -OCH3 is 1. The van der Waals surface area contributed by atoms with Crippen LogP contribution in [0.2, 0.25) is 0 Å². The lowest BCUT2D eigenvalue weighted by Crippen LogP contribution is -2.04. The molecule has 1 heterocycles. The third-order valence-corrected chi connectivity index (χ3v) is 3.10. The second-order valence-corrected chi connectivity index (χ2v) is 4.41. The van der Waals surface area contributed by atoms with Crippen LogP contribution >= 0.6 is 11.3 Å². The number of esters is 1. The molecule has 0 atom stereocenters.